The number of hydrogen-bond acceptors (Lipinski definition) is 6. The Kier molecular flexibility index (Phi) is 5.87. The van der Waals surface area contributed by atoms with Gasteiger partial charge in [0.2, 0.25) is 0 Å². The van der Waals surface area contributed by atoms with Crippen molar-refractivity contribution >= 4 is 33.6 Å². The summed E-state index contributed by atoms with van der Waals surface area (Å²) >= 11 is 3.11. The molecule has 0 radical (unpaired) electrons. The standard InChI is InChI=1S/C21H23N3O2S2/c1-14-15(2)28-21(23-20(25)17-4-3-13-27-17)18(14)19(16-5-7-22-8-6-16)24-9-11-26-12-10-24/h3-8,13,19H,9-12H2,1-2H3,(H,23,25). The second kappa shape index (κ2) is 8.53. The summed E-state index contributed by atoms with van der Waals surface area (Å²) in [5.41, 5.74) is 3.60. The number of rotatable bonds is 5. The molecule has 0 aliphatic carbocycles. The predicted octanol–water partition coefficient (Wildman–Crippen LogP) is 4.50. The fourth-order valence-corrected chi connectivity index (χ4v) is 5.29. The van der Waals surface area contributed by atoms with Crippen LogP contribution in [0.3, 0.4) is 0 Å². The number of nitrogens with one attached hydrogen (secondary N) is 1. The van der Waals surface area contributed by atoms with Crippen molar-refractivity contribution in [3.05, 3.63) is 68.5 Å². The molecule has 0 spiro atoms. The van der Waals surface area contributed by atoms with Crippen LogP contribution in [0.4, 0.5) is 5.00 Å². The summed E-state index contributed by atoms with van der Waals surface area (Å²) in [4.78, 5) is 21.3. The van der Waals surface area contributed by atoms with Gasteiger partial charge in [-0.2, -0.15) is 0 Å². The van der Waals surface area contributed by atoms with Crippen LogP contribution in [0.15, 0.2) is 42.0 Å². The molecule has 7 heteroatoms. The number of thiophene rings is 2. The third kappa shape index (κ3) is 3.89. The number of hydrogen-bond donors (Lipinski definition) is 1. The predicted molar refractivity (Wildman–Crippen MR) is 115 cm³/mol. The zero-order chi connectivity index (χ0) is 19.5. The molecule has 1 aliphatic heterocycles. The molecule has 4 heterocycles. The lowest BCUT2D eigenvalue weighted by atomic mass is 9.95. The summed E-state index contributed by atoms with van der Waals surface area (Å²) in [6.07, 6.45) is 3.67. The van der Waals surface area contributed by atoms with Crippen LogP contribution in [0.5, 0.6) is 0 Å². The van der Waals surface area contributed by atoms with Crippen LogP contribution in [0.1, 0.15) is 37.3 Å². The lowest BCUT2D eigenvalue weighted by Gasteiger charge is -2.35. The first-order chi connectivity index (χ1) is 13.6. The Morgan fingerprint density at radius 3 is 2.64 bits per heavy atom. The van der Waals surface area contributed by atoms with E-state index in [-0.39, 0.29) is 11.9 Å². The minimum absolute atomic E-state index is 0.0482. The van der Waals surface area contributed by atoms with E-state index in [1.807, 2.05) is 29.9 Å². The number of aryl methyl sites for hydroxylation is 1. The summed E-state index contributed by atoms with van der Waals surface area (Å²) < 4.78 is 5.58. The molecule has 1 aliphatic rings. The minimum Gasteiger partial charge on any atom is -0.379 e. The average molecular weight is 414 g/mol. The van der Waals surface area contributed by atoms with Gasteiger partial charge in [0.1, 0.15) is 5.00 Å². The third-order valence-corrected chi connectivity index (χ3v) is 7.12. The molecule has 146 valence electrons. The van der Waals surface area contributed by atoms with Crippen LogP contribution in [0.25, 0.3) is 0 Å². The zero-order valence-electron chi connectivity index (χ0n) is 16.0. The molecule has 28 heavy (non-hydrogen) atoms. The smallest absolute Gasteiger partial charge is 0.266 e. The van der Waals surface area contributed by atoms with Gasteiger partial charge in [-0.3, -0.25) is 14.7 Å². The van der Waals surface area contributed by atoms with Crippen LogP contribution in [0, 0.1) is 13.8 Å². The highest BCUT2D eigenvalue weighted by atomic mass is 32.1. The van der Waals surface area contributed by atoms with Crippen molar-refractivity contribution in [3.63, 3.8) is 0 Å². The number of aromatic nitrogens is 1. The van der Waals surface area contributed by atoms with Crippen molar-refractivity contribution < 1.29 is 9.53 Å². The van der Waals surface area contributed by atoms with E-state index in [1.54, 1.807) is 11.3 Å². The number of carbonyl (C=O) groups excluding carboxylic acids is 1. The van der Waals surface area contributed by atoms with Gasteiger partial charge in [-0.1, -0.05) is 6.07 Å². The van der Waals surface area contributed by atoms with Crippen molar-refractivity contribution in [2.45, 2.75) is 19.9 Å². The van der Waals surface area contributed by atoms with Crippen LogP contribution < -0.4 is 5.32 Å². The van der Waals surface area contributed by atoms with E-state index >= 15 is 0 Å². The maximum Gasteiger partial charge on any atom is 0.266 e. The van der Waals surface area contributed by atoms with E-state index in [4.69, 9.17) is 4.74 Å². The molecule has 0 saturated carbocycles. The summed E-state index contributed by atoms with van der Waals surface area (Å²) in [7, 11) is 0. The molecule has 1 saturated heterocycles. The van der Waals surface area contributed by atoms with Crippen molar-refractivity contribution in [2.75, 3.05) is 31.6 Å². The lowest BCUT2D eigenvalue weighted by Crippen LogP contribution is -2.39. The number of morpholine rings is 1. The molecule has 3 aromatic heterocycles. The quantitative estimate of drug-likeness (QED) is 0.669. The van der Waals surface area contributed by atoms with Crippen LogP contribution in [-0.4, -0.2) is 42.1 Å². The van der Waals surface area contributed by atoms with E-state index in [1.165, 1.54) is 32.9 Å². The van der Waals surface area contributed by atoms with Crippen molar-refractivity contribution in [2.24, 2.45) is 0 Å². The molecule has 0 bridgehead atoms. The highest BCUT2D eigenvalue weighted by Crippen LogP contribution is 2.42. The minimum atomic E-state index is -0.0482. The zero-order valence-corrected chi connectivity index (χ0v) is 17.6. The van der Waals surface area contributed by atoms with Gasteiger partial charge in [-0.25, -0.2) is 0 Å². The van der Waals surface area contributed by atoms with E-state index in [0.717, 1.165) is 36.2 Å². The normalized spacial score (nSPS) is 16.1. The first-order valence-corrected chi connectivity index (χ1v) is 11.0. The summed E-state index contributed by atoms with van der Waals surface area (Å²) in [5.74, 6) is -0.0482. The largest absolute Gasteiger partial charge is 0.379 e. The Bertz CT molecular complexity index is 932. The maximum absolute atomic E-state index is 12.7. The van der Waals surface area contributed by atoms with Gasteiger partial charge in [-0.15, -0.1) is 22.7 Å². The number of nitrogens with zero attached hydrogens (tertiary/aromatic N) is 2. The second-order valence-electron chi connectivity index (χ2n) is 6.79. The number of anilines is 1. The van der Waals surface area contributed by atoms with Crippen molar-refractivity contribution in [3.8, 4) is 0 Å². The third-order valence-electron chi connectivity index (χ3n) is 5.11. The van der Waals surface area contributed by atoms with Gasteiger partial charge in [-0.05, 0) is 48.6 Å². The van der Waals surface area contributed by atoms with Gasteiger partial charge in [0.25, 0.3) is 5.91 Å². The Labute approximate surface area is 173 Å². The summed E-state index contributed by atoms with van der Waals surface area (Å²) in [5, 5.41) is 6.04. The van der Waals surface area contributed by atoms with E-state index in [2.05, 4.69) is 41.2 Å². The number of carbonyl (C=O) groups is 1. The fraction of sp³-hybridized carbons (Fsp3) is 0.333. The van der Waals surface area contributed by atoms with Gasteiger partial charge in [0, 0.05) is 35.9 Å². The van der Waals surface area contributed by atoms with Crippen LogP contribution in [-0.2, 0) is 4.74 Å². The molecule has 1 fully saturated rings. The van der Waals surface area contributed by atoms with Gasteiger partial charge < -0.3 is 10.1 Å². The lowest BCUT2D eigenvalue weighted by molar-refractivity contribution is 0.0240. The molecule has 0 aromatic carbocycles. The molecular weight excluding hydrogens is 390 g/mol. The van der Waals surface area contributed by atoms with E-state index in [0.29, 0.717) is 0 Å². The molecule has 4 rings (SSSR count). The highest BCUT2D eigenvalue weighted by molar-refractivity contribution is 7.17. The van der Waals surface area contributed by atoms with Crippen LogP contribution in [0.2, 0.25) is 0 Å². The molecule has 1 N–H and O–H groups in total. The average Bonchev–Trinajstić information content (AvgIpc) is 3.35. The Balaban J connectivity index is 1.76. The molecule has 1 atom stereocenters. The molecule has 3 aromatic rings. The molecular formula is C21H23N3O2S2. The van der Waals surface area contributed by atoms with Gasteiger partial charge in [0.15, 0.2) is 0 Å². The second-order valence-corrected chi connectivity index (χ2v) is 8.96. The number of pyridine rings is 1. The topological polar surface area (TPSA) is 54.5 Å². The van der Waals surface area contributed by atoms with E-state index in [9.17, 15) is 4.79 Å². The van der Waals surface area contributed by atoms with E-state index < -0.39 is 0 Å². The SMILES string of the molecule is Cc1sc(NC(=O)c2cccs2)c(C(c2ccncc2)N2CCOCC2)c1C. The number of amides is 1. The molecule has 1 amide bonds. The first kappa shape index (κ1) is 19.3. The number of ether oxygens (including phenoxy) is 1. The Hall–Kier alpha value is -2.06. The van der Waals surface area contributed by atoms with Gasteiger partial charge in [0.05, 0.1) is 24.1 Å². The Morgan fingerprint density at radius 2 is 1.96 bits per heavy atom. The van der Waals surface area contributed by atoms with Gasteiger partial charge >= 0.3 is 0 Å². The van der Waals surface area contributed by atoms with Crippen molar-refractivity contribution in [1.82, 2.24) is 9.88 Å². The Morgan fingerprint density at radius 1 is 1.21 bits per heavy atom. The van der Waals surface area contributed by atoms with Crippen molar-refractivity contribution in [1.29, 1.82) is 0 Å². The monoisotopic (exact) mass is 413 g/mol. The molecule has 5 nitrogen and oxygen atoms in total. The maximum atomic E-state index is 12.7. The first-order valence-electron chi connectivity index (χ1n) is 9.31. The summed E-state index contributed by atoms with van der Waals surface area (Å²) in [6.45, 7) is 7.43. The van der Waals surface area contributed by atoms with Crippen LogP contribution >= 0.6 is 22.7 Å². The fourth-order valence-electron chi connectivity index (χ4n) is 3.58. The summed E-state index contributed by atoms with van der Waals surface area (Å²) in [6, 6.07) is 7.96. The highest BCUT2D eigenvalue weighted by Gasteiger charge is 2.30. The molecule has 1 unspecified atom stereocenters.